The highest BCUT2D eigenvalue weighted by Crippen LogP contribution is 2.02. The van der Waals surface area contributed by atoms with Crippen molar-refractivity contribution in [2.75, 3.05) is 0 Å². The van der Waals surface area contributed by atoms with Gasteiger partial charge in [0.25, 0.3) is 5.91 Å². The molecule has 2 aromatic heterocycles. The van der Waals surface area contributed by atoms with Crippen LogP contribution in [-0.4, -0.2) is 16.0 Å². The monoisotopic (exact) mass is 235 g/mol. The Balaban J connectivity index is 1.95. The van der Waals surface area contributed by atoms with Crippen molar-refractivity contribution >= 4 is 5.91 Å². The average Bonchev–Trinajstić information content (AvgIpc) is 2.73. The second-order valence-corrected chi connectivity index (χ2v) is 3.48. The van der Waals surface area contributed by atoms with Crippen molar-refractivity contribution in [3.8, 4) is 0 Å². The Kier molecular flexibility index (Phi) is 3.13. The fourth-order valence-corrected chi connectivity index (χ4v) is 1.28. The predicted octanol–water partition coefficient (Wildman–Crippen LogP) is 1.45. The van der Waals surface area contributed by atoms with E-state index in [9.17, 15) is 9.18 Å². The topological polar surface area (TPSA) is 68.0 Å². The Morgan fingerprint density at radius 2 is 2.35 bits per heavy atom. The number of aryl methyl sites for hydroxylation is 1. The van der Waals surface area contributed by atoms with Crippen LogP contribution in [0.25, 0.3) is 0 Å². The van der Waals surface area contributed by atoms with Gasteiger partial charge in [-0.3, -0.25) is 4.79 Å². The molecule has 1 amide bonds. The highest BCUT2D eigenvalue weighted by Gasteiger charge is 2.07. The first kappa shape index (κ1) is 11.3. The maximum absolute atomic E-state index is 12.5. The molecule has 2 aromatic rings. The van der Waals surface area contributed by atoms with Gasteiger partial charge in [-0.25, -0.2) is 4.98 Å². The Morgan fingerprint density at radius 3 is 2.94 bits per heavy atom. The third-order valence-corrected chi connectivity index (χ3v) is 2.10. The quantitative estimate of drug-likeness (QED) is 0.817. The minimum absolute atomic E-state index is 0.257. The third-order valence-electron chi connectivity index (χ3n) is 2.10. The maximum Gasteiger partial charge on any atom is 0.253 e. The van der Waals surface area contributed by atoms with Crippen LogP contribution in [0.2, 0.25) is 0 Å². The summed E-state index contributed by atoms with van der Waals surface area (Å²) in [6, 6.07) is 4.23. The van der Waals surface area contributed by atoms with Crippen LogP contribution in [0.1, 0.15) is 21.8 Å². The maximum atomic E-state index is 12.5. The number of carbonyl (C=O) groups excluding carboxylic acids is 1. The lowest BCUT2D eigenvalue weighted by molar-refractivity contribution is 0.0949. The minimum Gasteiger partial charge on any atom is -0.361 e. The van der Waals surface area contributed by atoms with Crippen LogP contribution >= 0.6 is 0 Å². The molecule has 17 heavy (non-hydrogen) atoms. The van der Waals surface area contributed by atoms with Gasteiger partial charge in [-0.05, 0) is 19.1 Å². The number of halogens is 1. The Labute approximate surface area is 96.6 Å². The molecule has 88 valence electrons. The molecule has 0 unspecified atom stereocenters. The van der Waals surface area contributed by atoms with Crippen LogP contribution in [0.3, 0.4) is 0 Å². The van der Waals surface area contributed by atoms with E-state index in [1.807, 2.05) is 0 Å². The lowest BCUT2D eigenvalue weighted by Crippen LogP contribution is -2.23. The van der Waals surface area contributed by atoms with Crippen molar-refractivity contribution in [1.82, 2.24) is 15.5 Å². The van der Waals surface area contributed by atoms with E-state index in [2.05, 4.69) is 15.5 Å². The van der Waals surface area contributed by atoms with Gasteiger partial charge in [-0.15, -0.1) is 0 Å². The molecule has 0 aliphatic rings. The zero-order valence-electron chi connectivity index (χ0n) is 9.11. The second kappa shape index (κ2) is 4.73. The molecule has 0 aromatic carbocycles. The predicted molar refractivity (Wildman–Crippen MR) is 56.6 cm³/mol. The molecule has 0 saturated heterocycles. The normalized spacial score (nSPS) is 10.2. The number of hydrogen-bond donors (Lipinski definition) is 1. The Bertz CT molecular complexity index is 522. The number of hydrogen-bond acceptors (Lipinski definition) is 4. The first-order valence-electron chi connectivity index (χ1n) is 4.97. The summed E-state index contributed by atoms with van der Waals surface area (Å²) >= 11 is 0. The first-order chi connectivity index (χ1) is 8.15. The molecule has 5 nitrogen and oxygen atoms in total. The van der Waals surface area contributed by atoms with E-state index in [1.54, 1.807) is 13.0 Å². The molecular formula is C11H10FN3O2. The summed E-state index contributed by atoms with van der Waals surface area (Å²) in [5.74, 6) is -0.274. The zero-order valence-corrected chi connectivity index (χ0v) is 9.11. The molecule has 0 aliphatic heterocycles. The number of pyridine rings is 1. The van der Waals surface area contributed by atoms with Gasteiger partial charge < -0.3 is 9.84 Å². The van der Waals surface area contributed by atoms with Gasteiger partial charge in [0.05, 0.1) is 12.1 Å². The molecule has 0 radical (unpaired) electrons. The van der Waals surface area contributed by atoms with E-state index in [4.69, 9.17) is 4.52 Å². The van der Waals surface area contributed by atoms with E-state index in [1.165, 1.54) is 12.3 Å². The molecule has 0 bridgehead atoms. The van der Waals surface area contributed by atoms with Gasteiger partial charge >= 0.3 is 0 Å². The molecule has 0 fully saturated rings. The zero-order chi connectivity index (χ0) is 12.3. The summed E-state index contributed by atoms with van der Waals surface area (Å²) in [5, 5.41) is 6.35. The van der Waals surface area contributed by atoms with E-state index in [0.29, 0.717) is 17.0 Å². The standard InChI is InChI=1S/C11H10FN3O2/c1-7-4-9(15-17-7)6-14-11(16)8-2-3-10(12)13-5-8/h2-5H,6H2,1H3,(H,14,16). The summed E-state index contributed by atoms with van der Waals surface area (Å²) in [7, 11) is 0. The van der Waals surface area contributed by atoms with Crippen LogP contribution < -0.4 is 5.32 Å². The average molecular weight is 235 g/mol. The SMILES string of the molecule is Cc1cc(CNC(=O)c2ccc(F)nc2)no1. The molecule has 0 atom stereocenters. The number of aromatic nitrogens is 2. The van der Waals surface area contributed by atoms with Crippen LogP contribution in [-0.2, 0) is 6.54 Å². The van der Waals surface area contributed by atoms with E-state index in [-0.39, 0.29) is 12.5 Å². The van der Waals surface area contributed by atoms with Crippen molar-refractivity contribution in [3.63, 3.8) is 0 Å². The van der Waals surface area contributed by atoms with Crippen LogP contribution in [0.15, 0.2) is 28.9 Å². The highest BCUT2D eigenvalue weighted by atomic mass is 19.1. The lowest BCUT2D eigenvalue weighted by Gasteiger charge is -2.01. The number of amides is 1. The minimum atomic E-state index is -0.617. The van der Waals surface area contributed by atoms with Gasteiger partial charge in [0, 0.05) is 12.3 Å². The Morgan fingerprint density at radius 1 is 1.53 bits per heavy atom. The molecule has 0 aliphatic carbocycles. The summed E-state index contributed by atoms with van der Waals surface area (Å²) in [4.78, 5) is 15.0. The lowest BCUT2D eigenvalue weighted by atomic mass is 10.2. The van der Waals surface area contributed by atoms with Crippen molar-refractivity contribution < 1.29 is 13.7 Å². The molecular weight excluding hydrogens is 225 g/mol. The molecule has 0 spiro atoms. The van der Waals surface area contributed by atoms with E-state index >= 15 is 0 Å². The molecule has 2 heterocycles. The number of nitrogens with zero attached hydrogens (tertiary/aromatic N) is 2. The fraction of sp³-hybridized carbons (Fsp3) is 0.182. The van der Waals surface area contributed by atoms with Gasteiger partial charge in [0.2, 0.25) is 5.95 Å². The van der Waals surface area contributed by atoms with Crippen molar-refractivity contribution in [2.24, 2.45) is 0 Å². The van der Waals surface area contributed by atoms with Crippen LogP contribution in [0.4, 0.5) is 4.39 Å². The number of rotatable bonds is 3. The summed E-state index contributed by atoms with van der Waals surface area (Å²) < 4.78 is 17.4. The smallest absolute Gasteiger partial charge is 0.253 e. The van der Waals surface area contributed by atoms with Crippen LogP contribution in [0, 0.1) is 12.9 Å². The van der Waals surface area contributed by atoms with Crippen molar-refractivity contribution in [3.05, 3.63) is 47.4 Å². The van der Waals surface area contributed by atoms with E-state index < -0.39 is 5.95 Å². The fourth-order valence-electron chi connectivity index (χ4n) is 1.28. The van der Waals surface area contributed by atoms with Gasteiger partial charge in [0.15, 0.2) is 0 Å². The summed E-state index contributed by atoms with van der Waals surface area (Å²) in [5.41, 5.74) is 0.928. The molecule has 2 rings (SSSR count). The highest BCUT2D eigenvalue weighted by molar-refractivity contribution is 5.93. The molecule has 1 N–H and O–H groups in total. The van der Waals surface area contributed by atoms with Crippen molar-refractivity contribution in [1.29, 1.82) is 0 Å². The largest absolute Gasteiger partial charge is 0.361 e. The third kappa shape index (κ3) is 2.87. The summed E-state index contributed by atoms with van der Waals surface area (Å²) in [6.07, 6.45) is 1.18. The van der Waals surface area contributed by atoms with Crippen molar-refractivity contribution in [2.45, 2.75) is 13.5 Å². The summed E-state index contributed by atoms with van der Waals surface area (Å²) in [6.45, 7) is 2.02. The first-order valence-corrected chi connectivity index (χ1v) is 4.97. The molecule has 0 saturated carbocycles. The Hall–Kier alpha value is -2.24. The second-order valence-electron chi connectivity index (χ2n) is 3.48. The van der Waals surface area contributed by atoms with E-state index in [0.717, 1.165) is 6.07 Å². The van der Waals surface area contributed by atoms with Gasteiger partial charge in [-0.1, -0.05) is 5.16 Å². The van der Waals surface area contributed by atoms with Crippen LogP contribution in [0.5, 0.6) is 0 Å². The molecule has 6 heteroatoms. The van der Waals surface area contributed by atoms with Gasteiger partial charge in [0.1, 0.15) is 11.5 Å². The van der Waals surface area contributed by atoms with Gasteiger partial charge in [-0.2, -0.15) is 4.39 Å². The number of carbonyl (C=O) groups is 1. The number of nitrogens with one attached hydrogen (secondary N) is 1.